The highest BCUT2D eigenvalue weighted by Crippen LogP contribution is 2.48. The molecule has 3 aromatic rings. The molecular weight excluding hydrogens is 564 g/mol. The molecule has 5 rings (SSSR count). The molecule has 0 unspecified atom stereocenters. The number of ether oxygens (including phenoxy) is 1. The molecule has 0 atom stereocenters. The van der Waals surface area contributed by atoms with Crippen molar-refractivity contribution < 1.29 is 22.7 Å². The Balaban J connectivity index is 1.21. The fourth-order valence-corrected chi connectivity index (χ4v) is 6.69. The summed E-state index contributed by atoms with van der Waals surface area (Å²) < 4.78 is 45.9. The van der Waals surface area contributed by atoms with Gasteiger partial charge in [0.15, 0.2) is 5.82 Å². The lowest BCUT2D eigenvalue weighted by atomic mass is 9.99. The van der Waals surface area contributed by atoms with Crippen LogP contribution in [0.5, 0.6) is 5.75 Å². The van der Waals surface area contributed by atoms with E-state index in [1.807, 2.05) is 50.5 Å². The van der Waals surface area contributed by atoms with E-state index in [0.29, 0.717) is 55.9 Å². The Morgan fingerprint density at radius 2 is 1.60 bits per heavy atom. The van der Waals surface area contributed by atoms with Gasteiger partial charge in [0, 0.05) is 18.9 Å². The summed E-state index contributed by atoms with van der Waals surface area (Å²) in [6.07, 6.45) is 4.83. The van der Waals surface area contributed by atoms with Gasteiger partial charge >= 0.3 is 7.60 Å². The Morgan fingerprint density at radius 3 is 2.33 bits per heavy atom. The van der Waals surface area contributed by atoms with Crippen molar-refractivity contribution in [3.63, 3.8) is 0 Å². The van der Waals surface area contributed by atoms with Crippen molar-refractivity contribution >= 4 is 7.60 Å². The Labute approximate surface area is 252 Å². The minimum atomic E-state index is -3.05. The molecule has 2 heterocycles. The average molecular weight is 602 g/mol. The molecule has 0 saturated carbocycles. The molecular formula is C34H37FN3O4P. The zero-order valence-electron chi connectivity index (χ0n) is 25.0. The number of aromatic nitrogens is 3. The minimum absolute atomic E-state index is 0.285. The van der Waals surface area contributed by atoms with Crippen LogP contribution in [0, 0.1) is 19.7 Å². The number of benzene rings is 3. The molecule has 7 nitrogen and oxygen atoms in total. The Hall–Kier alpha value is -3.84. The van der Waals surface area contributed by atoms with Gasteiger partial charge in [-0.15, -0.1) is 0 Å². The second-order valence-corrected chi connectivity index (χ2v) is 12.6. The normalized spacial score (nSPS) is 11.7. The van der Waals surface area contributed by atoms with Gasteiger partial charge in [0.25, 0.3) is 0 Å². The molecule has 0 aliphatic carbocycles. The summed E-state index contributed by atoms with van der Waals surface area (Å²) in [6.45, 7) is 9.25. The number of hydrogen-bond donors (Lipinski definition) is 0. The predicted octanol–water partition coefficient (Wildman–Crippen LogP) is 8.56. The quantitative estimate of drug-likeness (QED) is 0.0994. The lowest BCUT2D eigenvalue weighted by Gasteiger charge is -2.17. The molecule has 0 N–H and O–H groups in total. The van der Waals surface area contributed by atoms with E-state index in [0.717, 1.165) is 39.4 Å². The maximum absolute atomic E-state index is 14.6. The van der Waals surface area contributed by atoms with Gasteiger partial charge in [-0.25, -0.2) is 14.4 Å². The van der Waals surface area contributed by atoms with Crippen LogP contribution in [0.4, 0.5) is 4.39 Å². The van der Waals surface area contributed by atoms with Crippen LogP contribution in [-0.4, -0.2) is 40.5 Å². The monoisotopic (exact) mass is 601 g/mol. The fourth-order valence-electron chi connectivity index (χ4n) is 5.05. The number of fused-ring (bicyclic) bond motifs is 1. The highest BCUT2D eigenvalue weighted by Gasteiger charge is 2.22. The van der Waals surface area contributed by atoms with Gasteiger partial charge in [0.2, 0.25) is 0 Å². The standard InChI is InChI=1S/C34H37FN3O4P/c1-5-41-43(39,42-6-2)20-8-19-40-28-15-16-29(25(4)21-28)27-13-11-26(12-14-27)22-38-18-17-31-32(23-38)37-34(36-31)30-10-7-9-24(3)33(30)35/h7,9-18,21,23H,5-6,8,19-20,22H2,1-4H3. The second-order valence-electron chi connectivity index (χ2n) is 10.4. The van der Waals surface area contributed by atoms with E-state index in [1.54, 1.807) is 19.1 Å². The molecule has 0 radical (unpaired) electrons. The van der Waals surface area contributed by atoms with Gasteiger partial charge in [-0.1, -0.05) is 42.5 Å². The molecule has 2 aliphatic rings. The zero-order chi connectivity index (χ0) is 30.4. The number of halogens is 1. The molecule has 9 heteroatoms. The maximum atomic E-state index is 14.6. The number of imidazole rings is 1. The van der Waals surface area contributed by atoms with Crippen molar-refractivity contribution in [1.82, 2.24) is 14.5 Å². The Bertz CT molecular complexity index is 1690. The molecule has 0 saturated heterocycles. The lowest BCUT2D eigenvalue weighted by Crippen LogP contribution is -2.05. The van der Waals surface area contributed by atoms with Crippen LogP contribution in [0.2, 0.25) is 0 Å². The summed E-state index contributed by atoms with van der Waals surface area (Å²) in [4.78, 5) is 9.14. The van der Waals surface area contributed by atoms with Gasteiger partial charge in [-0.3, -0.25) is 4.57 Å². The van der Waals surface area contributed by atoms with Crippen LogP contribution >= 0.6 is 7.60 Å². The van der Waals surface area contributed by atoms with E-state index in [9.17, 15) is 8.96 Å². The largest absolute Gasteiger partial charge is 0.494 e. The van der Waals surface area contributed by atoms with Crippen LogP contribution in [0.25, 0.3) is 33.9 Å². The number of hydrogen-bond acceptors (Lipinski definition) is 6. The van der Waals surface area contributed by atoms with Crippen LogP contribution in [0.1, 0.15) is 37.0 Å². The highest BCUT2D eigenvalue weighted by molar-refractivity contribution is 7.53. The third kappa shape index (κ3) is 7.39. The van der Waals surface area contributed by atoms with E-state index in [-0.39, 0.29) is 5.82 Å². The molecule has 0 aromatic heterocycles. The van der Waals surface area contributed by atoms with E-state index in [2.05, 4.69) is 51.8 Å². The van der Waals surface area contributed by atoms with Gasteiger partial charge in [0.1, 0.15) is 17.3 Å². The van der Waals surface area contributed by atoms with E-state index in [1.165, 1.54) is 0 Å². The fraction of sp³-hybridized carbons (Fsp3) is 0.294. The van der Waals surface area contributed by atoms with Crippen molar-refractivity contribution in [1.29, 1.82) is 0 Å². The first-order chi connectivity index (χ1) is 20.8. The first-order valence-corrected chi connectivity index (χ1v) is 16.3. The Morgan fingerprint density at radius 1 is 0.860 bits per heavy atom. The van der Waals surface area contributed by atoms with Gasteiger partial charge in [-0.05, 0) is 86.2 Å². The first-order valence-electron chi connectivity index (χ1n) is 14.6. The van der Waals surface area contributed by atoms with E-state index < -0.39 is 7.60 Å². The molecule has 224 valence electrons. The summed E-state index contributed by atoms with van der Waals surface area (Å²) in [7, 11) is -3.05. The summed E-state index contributed by atoms with van der Waals surface area (Å²) in [5.41, 5.74) is 6.96. The molecule has 2 aliphatic heterocycles. The smallest absolute Gasteiger partial charge is 0.330 e. The van der Waals surface area contributed by atoms with Crippen LogP contribution in [0.15, 0.2) is 79.1 Å². The summed E-state index contributed by atoms with van der Waals surface area (Å²) in [5.74, 6) is 0.891. The number of aryl methyl sites for hydroxylation is 2. The Kier molecular flexibility index (Phi) is 9.71. The molecule has 0 spiro atoms. The third-order valence-electron chi connectivity index (χ3n) is 7.18. The van der Waals surface area contributed by atoms with Crippen molar-refractivity contribution in [3.05, 3.63) is 102 Å². The number of pyridine rings is 1. The average Bonchev–Trinajstić information content (AvgIpc) is 3.41. The number of rotatable bonds is 13. The summed E-state index contributed by atoms with van der Waals surface area (Å²) in [5, 5.41) is 0. The van der Waals surface area contributed by atoms with Crippen molar-refractivity contribution in [2.75, 3.05) is 26.0 Å². The first kappa shape index (κ1) is 30.6. The van der Waals surface area contributed by atoms with Crippen LogP contribution < -0.4 is 4.74 Å². The van der Waals surface area contributed by atoms with Crippen LogP contribution in [-0.2, 0) is 20.2 Å². The lowest BCUT2D eigenvalue weighted by molar-refractivity contribution is 0.216. The molecule has 0 amide bonds. The van der Waals surface area contributed by atoms with Crippen molar-refractivity contribution in [2.24, 2.45) is 0 Å². The predicted molar refractivity (Wildman–Crippen MR) is 168 cm³/mol. The SMILES string of the molecule is CCOP(=O)(CCCOc1ccc(-c2ccc(Cn3ccc4nc(-c5cccc(C)c5F)nc-4c3)cc2)c(C)c1)OCC. The topological polar surface area (TPSA) is 75.5 Å². The zero-order valence-corrected chi connectivity index (χ0v) is 25.9. The summed E-state index contributed by atoms with van der Waals surface area (Å²) >= 11 is 0. The highest BCUT2D eigenvalue weighted by atomic mass is 31.2. The summed E-state index contributed by atoms with van der Waals surface area (Å²) in [6, 6.07) is 21.7. The van der Waals surface area contributed by atoms with E-state index >= 15 is 0 Å². The van der Waals surface area contributed by atoms with Gasteiger partial charge in [-0.2, -0.15) is 0 Å². The molecule has 43 heavy (non-hydrogen) atoms. The van der Waals surface area contributed by atoms with Gasteiger partial charge < -0.3 is 18.4 Å². The van der Waals surface area contributed by atoms with Gasteiger partial charge in [0.05, 0.1) is 37.2 Å². The molecule has 0 fully saturated rings. The van der Waals surface area contributed by atoms with Crippen LogP contribution in [0.3, 0.4) is 0 Å². The number of nitrogens with zero attached hydrogens (tertiary/aromatic N) is 3. The third-order valence-corrected chi connectivity index (χ3v) is 9.35. The maximum Gasteiger partial charge on any atom is 0.330 e. The molecule has 3 aromatic carbocycles. The van der Waals surface area contributed by atoms with Crippen molar-refractivity contribution in [2.45, 2.75) is 40.7 Å². The molecule has 0 bridgehead atoms. The second kappa shape index (κ2) is 13.6. The minimum Gasteiger partial charge on any atom is -0.494 e. The van der Waals surface area contributed by atoms with Crippen molar-refractivity contribution in [3.8, 4) is 39.7 Å². The van der Waals surface area contributed by atoms with E-state index in [4.69, 9.17) is 13.8 Å².